The van der Waals surface area contributed by atoms with E-state index in [1.165, 1.54) is 16.4 Å². The minimum Gasteiger partial charge on any atom is -0.267 e. The van der Waals surface area contributed by atoms with Crippen molar-refractivity contribution in [2.24, 2.45) is 5.10 Å². The molecule has 1 aromatic heterocycles. The Morgan fingerprint density at radius 2 is 2.00 bits per heavy atom. The minimum atomic E-state index is -0.246. The molecule has 0 aliphatic rings. The Hall–Kier alpha value is -2.91. The lowest BCUT2D eigenvalue weighted by molar-refractivity contribution is 0.708. The number of thioether (sulfide) groups is 1. The fraction of sp³-hybridized carbons (Fsp3) is 0.111. The van der Waals surface area contributed by atoms with E-state index in [1.807, 2.05) is 43.3 Å². The van der Waals surface area contributed by atoms with Crippen molar-refractivity contribution in [3.05, 3.63) is 70.0 Å². The van der Waals surface area contributed by atoms with Gasteiger partial charge < -0.3 is 0 Å². The highest BCUT2D eigenvalue weighted by molar-refractivity contribution is 7.99. The second kappa shape index (κ2) is 7.11. The lowest BCUT2D eigenvalue weighted by Crippen LogP contribution is -2.20. The molecule has 0 spiro atoms. The van der Waals surface area contributed by atoms with Crippen LogP contribution in [0.3, 0.4) is 0 Å². The Morgan fingerprint density at radius 3 is 2.75 bits per heavy atom. The maximum absolute atomic E-state index is 12.7. The number of nitriles is 1. The molecule has 118 valence electrons. The van der Waals surface area contributed by atoms with E-state index in [-0.39, 0.29) is 11.3 Å². The third kappa shape index (κ3) is 3.36. The van der Waals surface area contributed by atoms with Crippen molar-refractivity contribution in [1.29, 1.82) is 5.26 Å². The topological polar surface area (TPSA) is 71.0 Å². The standard InChI is InChI=1S/C18H14N4OS/c1-13-6-8-14(9-7-13)12-20-22-17(23)15-4-2-3-5-16(15)21-18(22)24-11-10-19/h2-9,12H,11H2,1H3/b20-12-. The van der Waals surface area contributed by atoms with Crippen LogP contribution in [0, 0.1) is 18.3 Å². The van der Waals surface area contributed by atoms with Crippen LogP contribution in [0.1, 0.15) is 11.1 Å². The van der Waals surface area contributed by atoms with E-state index >= 15 is 0 Å². The highest BCUT2D eigenvalue weighted by Gasteiger charge is 2.10. The summed E-state index contributed by atoms with van der Waals surface area (Å²) in [4.78, 5) is 17.2. The average Bonchev–Trinajstić information content (AvgIpc) is 2.61. The van der Waals surface area contributed by atoms with Gasteiger partial charge in [-0.1, -0.05) is 53.7 Å². The lowest BCUT2D eigenvalue weighted by atomic mass is 10.2. The van der Waals surface area contributed by atoms with Gasteiger partial charge in [-0.3, -0.25) is 4.79 Å². The van der Waals surface area contributed by atoms with E-state index in [4.69, 9.17) is 5.26 Å². The van der Waals surface area contributed by atoms with Gasteiger partial charge in [-0.15, -0.1) is 0 Å². The lowest BCUT2D eigenvalue weighted by Gasteiger charge is -2.07. The molecule has 0 saturated heterocycles. The molecule has 0 radical (unpaired) electrons. The van der Waals surface area contributed by atoms with Crippen LogP contribution in [0.15, 0.2) is 63.6 Å². The molecule has 1 heterocycles. The molecule has 0 N–H and O–H groups in total. The molecule has 0 fully saturated rings. The van der Waals surface area contributed by atoms with E-state index in [9.17, 15) is 4.79 Å². The van der Waals surface area contributed by atoms with Crippen molar-refractivity contribution in [3.8, 4) is 6.07 Å². The van der Waals surface area contributed by atoms with Crippen molar-refractivity contribution in [2.45, 2.75) is 12.1 Å². The van der Waals surface area contributed by atoms with Crippen molar-refractivity contribution >= 4 is 28.9 Å². The summed E-state index contributed by atoms with van der Waals surface area (Å²) in [7, 11) is 0. The summed E-state index contributed by atoms with van der Waals surface area (Å²) in [5, 5.41) is 14.0. The third-order valence-corrected chi connectivity index (χ3v) is 4.19. The number of aromatic nitrogens is 2. The van der Waals surface area contributed by atoms with Crippen LogP contribution in [0.4, 0.5) is 0 Å². The van der Waals surface area contributed by atoms with Gasteiger partial charge in [0.1, 0.15) is 0 Å². The number of para-hydroxylation sites is 1. The molecule has 0 atom stereocenters. The average molecular weight is 334 g/mol. The molecule has 6 heteroatoms. The Bertz CT molecular complexity index is 1000. The maximum atomic E-state index is 12.7. The second-order valence-electron chi connectivity index (χ2n) is 5.13. The van der Waals surface area contributed by atoms with E-state index in [0.29, 0.717) is 16.1 Å². The van der Waals surface area contributed by atoms with Gasteiger partial charge in [0.15, 0.2) is 5.16 Å². The SMILES string of the molecule is Cc1ccc(/C=N\n2c(SCC#N)nc3ccccc3c2=O)cc1. The fourth-order valence-corrected chi connectivity index (χ4v) is 2.78. The Morgan fingerprint density at radius 1 is 1.25 bits per heavy atom. The number of aryl methyl sites for hydroxylation is 1. The zero-order chi connectivity index (χ0) is 16.9. The molecule has 0 amide bonds. The Balaban J connectivity index is 2.10. The molecule has 0 saturated carbocycles. The van der Waals surface area contributed by atoms with Crippen LogP contribution < -0.4 is 5.56 Å². The van der Waals surface area contributed by atoms with Gasteiger partial charge in [0, 0.05) is 0 Å². The van der Waals surface area contributed by atoms with Gasteiger partial charge in [0.2, 0.25) is 0 Å². The summed E-state index contributed by atoms with van der Waals surface area (Å²) in [6.45, 7) is 2.01. The highest BCUT2D eigenvalue weighted by Crippen LogP contribution is 2.17. The zero-order valence-electron chi connectivity index (χ0n) is 13.0. The van der Waals surface area contributed by atoms with Gasteiger partial charge in [-0.2, -0.15) is 15.0 Å². The quantitative estimate of drug-likeness (QED) is 0.417. The fourth-order valence-electron chi connectivity index (χ4n) is 2.17. The van der Waals surface area contributed by atoms with E-state index < -0.39 is 0 Å². The molecule has 0 aliphatic heterocycles. The Labute approximate surface area is 143 Å². The predicted octanol–water partition coefficient (Wildman–Crippen LogP) is 3.20. The molecular formula is C18H14N4OS. The largest absolute Gasteiger partial charge is 0.282 e. The zero-order valence-corrected chi connectivity index (χ0v) is 13.8. The van der Waals surface area contributed by atoms with Crippen LogP contribution in [-0.2, 0) is 0 Å². The smallest absolute Gasteiger partial charge is 0.267 e. The first-order valence-electron chi connectivity index (χ1n) is 7.31. The molecule has 5 nitrogen and oxygen atoms in total. The summed E-state index contributed by atoms with van der Waals surface area (Å²) in [6.07, 6.45) is 1.62. The molecule has 3 rings (SSSR count). The maximum Gasteiger partial charge on any atom is 0.282 e. The first-order chi connectivity index (χ1) is 11.7. The van der Waals surface area contributed by atoms with Crippen LogP contribution in [0.25, 0.3) is 10.9 Å². The summed E-state index contributed by atoms with van der Waals surface area (Å²) in [5.41, 5.74) is 2.40. The van der Waals surface area contributed by atoms with Gasteiger partial charge in [-0.05, 0) is 24.6 Å². The third-order valence-electron chi connectivity index (χ3n) is 3.39. The monoisotopic (exact) mass is 334 g/mol. The van der Waals surface area contributed by atoms with Crippen molar-refractivity contribution in [1.82, 2.24) is 9.66 Å². The van der Waals surface area contributed by atoms with Crippen molar-refractivity contribution in [2.75, 3.05) is 5.75 Å². The summed E-state index contributed by atoms with van der Waals surface area (Å²) < 4.78 is 1.25. The molecule has 0 aliphatic carbocycles. The van der Waals surface area contributed by atoms with Crippen LogP contribution in [-0.4, -0.2) is 21.6 Å². The highest BCUT2D eigenvalue weighted by atomic mass is 32.2. The summed E-state index contributed by atoms with van der Waals surface area (Å²) in [5.74, 6) is 0.199. The van der Waals surface area contributed by atoms with E-state index in [1.54, 1.807) is 24.4 Å². The first kappa shape index (κ1) is 16.0. The van der Waals surface area contributed by atoms with Crippen LogP contribution >= 0.6 is 11.8 Å². The number of nitrogens with zero attached hydrogens (tertiary/aromatic N) is 4. The molecule has 0 bridgehead atoms. The summed E-state index contributed by atoms with van der Waals surface area (Å²) in [6, 6.07) is 17.0. The minimum absolute atomic E-state index is 0.199. The first-order valence-corrected chi connectivity index (χ1v) is 8.30. The van der Waals surface area contributed by atoms with Gasteiger partial charge in [-0.25, -0.2) is 4.98 Å². The number of hydrogen-bond donors (Lipinski definition) is 0. The van der Waals surface area contributed by atoms with Gasteiger partial charge in [0.25, 0.3) is 5.56 Å². The second-order valence-corrected chi connectivity index (χ2v) is 6.07. The number of rotatable bonds is 4. The number of hydrogen-bond acceptors (Lipinski definition) is 5. The number of fused-ring (bicyclic) bond motifs is 1. The Kier molecular flexibility index (Phi) is 4.73. The van der Waals surface area contributed by atoms with Crippen molar-refractivity contribution in [3.63, 3.8) is 0 Å². The molecule has 2 aromatic carbocycles. The molecule has 3 aromatic rings. The molecular weight excluding hydrogens is 320 g/mol. The normalized spacial score (nSPS) is 11.0. The van der Waals surface area contributed by atoms with Gasteiger partial charge >= 0.3 is 0 Å². The number of benzene rings is 2. The van der Waals surface area contributed by atoms with Crippen LogP contribution in [0.5, 0.6) is 0 Å². The van der Waals surface area contributed by atoms with Gasteiger partial charge in [0.05, 0.1) is 28.9 Å². The summed E-state index contributed by atoms with van der Waals surface area (Å²) >= 11 is 1.19. The molecule has 0 unspecified atom stereocenters. The molecule has 24 heavy (non-hydrogen) atoms. The van der Waals surface area contributed by atoms with E-state index in [0.717, 1.165) is 11.1 Å². The van der Waals surface area contributed by atoms with Crippen molar-refractivity contribution < 1.29 is 0 Å². The van der Waals surface area contributed by atoms with E-state index in [2.05, 4.69) is 10.1 Å². The van der Waals surface area contributed by atoms with Crippen LogP contribution in [0.2, 0.25) is 0 Å². The predicted molar refractivity (Wildman–Crippen MR) is 96.5 cm³/mol.